The van der Waals surface area contributed by atoms with E-state index in [1.807, 2.05) is 36.4 Å². The fraction of sp³-hybridized carbons (Fsp3) is 0.261. The van der Waals surface area contributed by atoms with Crippen molar-refractivity contribution in [2.75, 3.05) is 23.7 Å². The number of thioether (sulfide) groups is 1. The molecule has 0 unspecified atom stereocenters. The number of rotatable bonds is 8. The van der Waals surface area contributed by atoms with E-state index in [0.29, 0.717) is 12.3 Å². The molecule has 0 radical (unpaired) electrons. The van der Waals surface area contributed by atoms with E-state index in [1.165, 1.54) is 16.8 Å². The van der Waals surface area contributed by atoms with Gasteiger partial charge in [0.25, 0.3) is 0 Å². The topological polar surface area (TPSA) is 54.7 Å². The molecule has 2 aromatic carbocycles. The van der Waals surface area contributed by atoms with Gasteiger partial charge in [-0.2, -0.15) is 11.8 Å². The Morgan fingerprint density at radius 3 is 2.86 bits per heavy atom. The number of nitrogens with zero attached hydrogens (tertiary/aromatic N) is 1. The molecule has 150 valence electrons. The van der Waals surface area contributed by atoms with Gasteiger partial charge in [-0.3, -0.25) is 0 Å². The zero-order valence-electron chi connectivity index (χ0n) is 16.2. The fourth-order valence-electron chi connectivity index (χ4n) is 3.41. The van der Waals surface area contributed by atoms with Gasteiger partial charge in [0.15, 0.2) is 0 Å². The summed E-state index contributed by atoms with van der Waals surface area (Å²) in [6.45, 7) is 2.43. The number of amides is 1. The third-order valence-corrected chi connectivity index (χ3v) is 5.79. The maximum absolute atomic E-state index is 12.0. The number of hydrogen-bond donors (Lipinski definition) is 1. The van der Waals surface area contributed by atoms with E-state index in [-0.39, 0.29) is 0 Å². The van der Waals surface area contributed by atoms with Gasteiger partial charge in [0.2, 0.25) is 0 Å². The van der Waals surface area contributed by atoms with Gasteiger partial charge in [-0.25, -0.2) is 4.79 Å². The van der Waals surface area contributed by atoms with Crippen molar-refractivity contribution in [3.05, 3.63) is 83.8 Å². The van der Waals surface area contributed by atoms with Crippen LogP contribution in [0.5, 0.6) is 5.75 Å². The zero-order valence-corrected chi connectivity index (χ0v) is 17.0. The predicted molar refractivity (Wildman–Crippen MR) is 117 cm³/mol. The first-order valence-corrected chi connectivity index (χ1v) is 10.9. The fourth-order valence-corrected chi connectivity index (χ4v) is 4.17. The second kappa shape index (κ2) is 9.56. The van der Waals surface area contributed by atoms with Crippen molar-refractivity contribution < 1.29 is 13.9 Å². The van der Waals surface area contributed by atoms with Gasteiger partial charge in [-0.05, 0) is 47.9 Å². The Hall–Kier alpha value is -2.86. The van der Waals surface area contributed by atoms with Gasteiger partial charge in [0, 0.05) is 31.1 Å². The second-order valence-electron chi connectivity index (χ2n) is 6.90. The highest BCUT2D eigenvalue weighted by Crippen LogP contribution is 2.32. The van der Waals surface area contributed by atoms with Crippen LogP contribution in [-0.2, 0) is 18.7 Å². The van der Waals surface area contributed by atoms with Crippen LogP contribution >= 0.6 is 11.8 Å². The molecule has 4 rings (SSSR count). The number of nitrogens with one attached hydrogen (secondary N) is 1. The summed E-state index contributed by atoms with van der Waals surface area (Å²) in [6, 6.07) is 20.2. The van der Waals surface area contributed by atoms with Gasteiger partial charge < -0.3 is 19.4 Å². The van der Waals surface area contributed by atoms with Gasteiger partial charge in [0.05, 0.1) is 12.0 Å². The first-order valence-electron chi connectivity index (χ1n) is 9.75. The molecule has 1 N–H and O–H groups in total. The van der Waals surface area contributed by atoms with Crippen LogP contribution in [-0.4, -0.2) is 24.9 Å². The van der Waals surface area contributed by atoms with E-state index >= 15 is 0 Å². The third kappa shape index (κ3) is 5.35. The van der Waals surface area contributed by atoms with Crippen molar-refractivity contribution in [1.29, 1.82) is 0 Å². The molecule has 5 nitrogen and oxygen atoms in total. The van der Waals surface area contributed by atoms with Gasteiger partial charge >= 0.3 is 6.09 Å². The second-order valence-corrected chi connectivity index (χ2v) is 8.00. The minimum atomic E-state index is -0.414. The number of benzene rings is 2. The lowest BCUT2D eigenvalue weighted by atomic mass is 10.1. The van der Waals surface area contributed by atoms with Gasteiger partial charge in [-0.1, -0.05) is 30.3 Å². The molecule has 2 heterocycles. The monoisotopic (exact) mass is 408 g/mol. The molecule has 0 saturated heterocycles. The molecule has 0 spiro atoms. The molecule has 0 fully saturated rings. The summed E-state index contributed by atoms with van der Waals surface area (Å²) in [6.07, 6.45) is 2.22. The van der Waals surface area contributed by atoms with Crippen molar-refractivity contribution in [3.63, 3.8) is 0 Å². The summed E-state index contributed by atoms with van der Waals surface area (Å²) in [5.41, 5.74) is 3.74. The number of anilines is 1. The molecule has 0 aliphatic carbocycles. The molecule has 1 aromatic heterocycles. The average molecular weight is 409 g/mol. The Morgan fingerprint density at radius 1 is 1.14 bits per heavy atom. The largest absolute Gasteiger partial charge is 0.468 e. The molecule has 0 bridgehead atoms. The molecular weight excluding hydrogens is 384 g/mol. The summed E-state index contributed by atoms with van der Waals surface area (Å²) < 4.78 is 10.7. The van der Waals surface area contributed by atoms with Crippen LogP contribution in [0.15, 0.2) is 71.3 Å². The minimum Gasteiger partial charge on any atom is -0.468 e. The Morgan fingerprint density at radius 2 is 2.03 bits per heavy atom. The number of fused-ring (bicyclic) bond motifs is 1. The number of carbonyl (C=O) groups is 1. The molecule has 1 aliphatic rings. The first kappa shape index (κ1) is 19.5. The zero-order chi connectivity index (χ0) is 19.9. The van der Waals surface area contributed by atoms with Crippen LogP contribution in [0.3, 0.4) is 0 Å². The maximum Gasteiger partial charge on any atom is 0.412 e. The SMILES string of the molecule is O=C(NCCSCc1ccco1)Oc1ccc2c(c1)CCN2Cc1ccccc1. The van der Waals surface area contributed by atoms with Gasteiger partial charge in [-0.15, -0.1) is 0 Å². The summed E-state index contributed by atoms with van der Waals surface area (Å²) in [7, 11) is 0. The Bertz CT molecular complexity index is 929. The van der Waals surface area contributed by atoms with Crippen molar-refractivity contribution in [2.45, 2.75) is 18.7 Å². The Balaban J connectivity index is 1.23. The van der Waals surface area contributed by atoms with E-state index in [0.717, 1.165) is 36.8 Å². The average Bonchev–Trinajstić information content (AvgIpc) is 3.39. The predicted octanol–water partition coefficient (Wildman–Crippen LogP) is 4.86. The molecule has 3 aromatic rings. The molecule has 1 amide bonds. The highest BCUT2D eigenvalue weighted by Gasteiger charge is 2.20. The van der Waals surface area contributed by atoms with Crippen LogP contribution in [0.1, 0.15) is 16.9 Å². The summed E-state index contributed by atoms with van der Waals surface area (Å²) >= 11 is 1.71. The van der Waals surface area contributed by atoms with Gasteiger partial charge in [0.1, 0.15) is 11.5 Å². The number of carbonyl (C=O) groups excluding carboxylic acids is 1. The standard InChI is InChI=1S/C23H24N2O3S/c26-23(24-11-14-29-17-21-7-4-13-27-21)28-20-8-9-22-19(15-20)10-12-25(22)16-18-5-2-1-3-6-18/h1-9,13,15H,10-12,14,16-17H2,(H,24,26). The number of ether oxygens (including phenoxy) is 1. The van der Waals surface area contributed by atoms with Crippen LogP contribution < -0.4 is 15.0 Å². The Kier molecular flexibility index (Phi) is 6.42. The molecule has 1 aliphatic heterocycles. The van der Waals surface area contributed by atoms with Crippen LogP contribution in [0.2, 0.25) is 0 Å². The first-order chi connectivity index (χ1) is 14.3. The molecule has 0 saturated carbocycles. The van der Waals surface area contributed by atoms with E-state index in [4.69, 9.17) is 9.15 Å². The summed E-state index contributed by atoms with van der Waals surface area (Å²) in [5.74, 6) is 3.13. The lowest BCUT2D eigenvalue weighted by Crippen LogP contribution is -2.28. The van der Waals surface area contributed by atoms with E-state index in [1.54, 1.807) is 18.0 Å². The smallest absolute Gasteiger partial charge is 0.412 e. The van der Waals surface area contributed by atoms with E-state index in [9.17, 15) is 4.79 Å². The third-order valence-electron chi connectivity index (χ3n) is 4.81. The van der Waals surface area contributed by atoms with E-state index in [2.05, 4.69) is 34.5 Å². The number of furan rings is 1. The normalized spacial score (nSPS) is 12.6. The molecule has 0 atom stereocenters. The quantitative estimate of drug-likeness (QED) is 0.539. The van der Waals surface area contributed by atoms with Crippen LogP contribution in [0, 0.1) is 0 Å². The lowest BCUT2D eigenvalue weighted by molar-refractivity contribution is 0.201. The van der Waals surface area contributed by atoms with Crippen molar-refractivity contribution >= 4 is 23.5 Å². The minimum absolute atomic E-state index is 0.414. The van der Waals surface area contributed by atoms with Crippen molar-refractivity contribution in [1.82, 2.24) is 5.32 Å². The van der Waals surface area contributed by atoms with E-state index < -0.39 is 6.09 Å². The highest BCUT2D eigenvalue weighted by molar-refractivity contribution is 7.98. The van der Waals surface area contributed by atoms with Crippen molar-refractivity contribution in [2.24, 2.45) is 0 Å². The highest BCUT2D eigenvalue weighted by atomic mass is 32.2. The lowest BCUT2D eigenvalue weighted by Gasteiger charge is -2.19. The van der Waals surface area contributed by atoms with Crippen molar-refractivity contribution in [3.8, 4) is 5.75 Å². The summed E-state index contributed by atoms with van der Waals surface area (Å²) in [4.78, 5) is 14.4. The molecule has 6 heteroatoms. The Labute approximate surface area is 175 Å². The van der Waals surface area contributed by atoms with Crippen LogP contribution in [0.25, 0.3) is 0 Å². The maximum atomic E-state index is 12.0. The molecular formula is C23H24N2O3S. The molecule has 29 heavy (non-hydrogen) atoms. The number of hydrogen-bond acceptors (Lipinski definition) is 5. The van der Waals surface area contributed by atoms with Crippen LogP contribution in [0.4, 0.5) is 10.5 Å². The summed E-state index contributed by atoms with van der Waals surface area (Å²) in [5, 5.41) is 2.80.